The number of carbonyl (C=O) groups excluding carboxylic acids is 2. The van der Waals surface area contributed by atoms with Crippen molar-refractivity contribution in [1.29, 1.82) is 0 Å². The van der Waals surface area contributed by atoms with E-state index in [1.54, 1.807) is 23.9 Å². The molecule has 0 spiro atoms. The molecule has 1 unspecified atom stereocenters. The van der Waals surface area contributed by atoms with Crippen molar-refractivity contribution < 1.29 is 14.3 Å². The van der Waals surface area contributed by atoms with Gasteiger partial charge in [-0.3, -0.25) is 19.2 Å². The average molecular weight is 740 g/mol. The third kappa shape index (κ3) is 5.65. The summed E-state index contributed by atoms with van der Waals surface area (Å²) in [6.07, 6.45) is 3.22. The van der Waals surface area contributed by atoms with Crippen molar-refractivity contribution in [3.05, 3.63) is 99.1 Å². The third-order valence-corrected chi connectivity index (χ3v) is 11.7. The van der Waals surface area contributed by atoms with Gasteiger partial charge in [-0.15, -0.1) is 0 Å². The van der Waals surface area contributed by atoms with E-state index in [0.717, 1.165) is 71.8 Å². The number of ether oxygens (including phenoxy) is 1. The third-order valence-electron chi connectivity index (χ3n) is 10.5. The molecule has 9 nitrogen and oxygen atoms in total. The summed E-state index contributed by atoms with van der Waals surface area (Å²) < 4.78 is 12.3. The monoisotopic (exact) mass is 738 g/mol. The van der Waals surface area contributed by atoms with Crippen molar-refractivity contribution in [2.75, 3.05) is 25.6 Å². The molecular weight excluding hydrogens is 695 g/mol. The van der Waals surface area contributed by atoms with E-state index in [9.17, 15) is 4.79 Å². The van der Waals surface area contributed by atoms with Gasteiger partial charge in [0.05, 0.1) is 29.5 Å². The molecule has 0 saturated carbocycles. The van der Waals surface area contributed by atoms with Crippen molar-refractivity contribution in [3.8, 4) is 16.9 Å². The first-order valence-electron chi connectivity index (χ1n) is 17.6. The number of amides is 2. The highest BCUT2D eigenvalue weighted by Gasteiger charge is 2.42. The number of benzene rings is 3. The predicted octanol–water partition coefficient (Wildman–Crippen LogP) is 8.92. The molecule has 0 N–H and O–H groups in total. The Morgan fingerprint density at radius 3 is 2.37 bits per heavy atom. The van der Waals surface area contributed by atoms with E-state index >= 15 is 4.79 Å². The number of aromatic nitrogens is 4. The summed E-state index contributed by atoms with van der Waals surface area (Å²) in [5.41, 5.74) is 9.91. The first kappa shape index (κ1) is 35.7. The van der Waals surface area contributed by atoms with Crippen LogP contribution in [0, 0.1) is 27.7 Å². The van der Waals surface area contributed by atoms with E-state index in [4.69, 9.17) is 33.0 Å². The van der Waals surface area contributed by atoms with E-state index in [1.807, 2.05) is 80.6 Å². The van der Waals surface area contributed by atoms with Crippen molar-refractivity contribution in [1.82, 2.24) is 23.8 Å². The maximum atomic E-state index is 15.2. The van der Waals surface area contributed by atoms with Crippen molar-refractivity contribution >= 4 is 62.5 Å². The summed E-state index contributed by atoms with van der Waals surface area (Å²) >= 11 is 13.8. The number of alkyl halides is 1. The van der Waals surface area contributed by atoms with Crippen molar-refractivity contribution in [2.45, 2.75) is 59.0 Å². The second-order valence-corrected chi connectivity index (χ2v) is 15.1. The Labute approximate surface area is 314 Å². The van der Waals surface area contributed by atoms with Crippen LogP contribution in [0.15, 0.2) is 54.7 Å². The molecule has 52 heavy (non-hydrogen) atoms. The van der Waals surface area contributed by atoms with Crippen LogP contribution in [-0.4, -0.2) is 61.8 Å². The van der Waals surface area contributed by atoms with Crippen LogP contribution in [0.4, 0.5) is 5.69 Å². The van der Waals surface area contributed by atoms with E-state index in [-0.39, 0.29) is 17.9 Å². The fourth-order valence-electron chi connectivity index (χ4n) is 7.88. The molecule has 7 rings (SSSR count). The minimum atomic E-state index is -0.717. The Morgan fingerprint density at radius 2 is 1.71 bits per heavy atom. The Hall–Kier alpha value is -4.73. The standard InChI is InChI=1S/C41H44Cl2N6O3/c1-22-18-28(19-23(2)36(22)42)52-17-11-14-30-29-12-10-13-31(35-24(3)44-47(9)25(35)4)37(29)48-26(5)39(43)49(41(51)38(30)48)34-21-46(8)33-16-15-27(20-32(33)34)40(50)45(6)7/h10,12-13,15-16,18-21,26,39H,11,14,17H2,1-9H3/t26-,39?/m1/s1. The van der Waals surface area contributed by atoms with E-state index in [0.29, 0.717) is 36.4 Å². The minimum absolute atomic E-state index is 0.112. The summed E-state index contributed by atoms with van der Waals surface area (Å²) in [5.74, 6) is 0.480. The highest BCUT2D eigenvalue weighted by Crippen LogP contribution is 2.46. The quantitative estimate of drug-likeness (QED) is 0.0888. The fourth-order valence-corrected chi connectivity index (χ4v) is 8.29. The molecule has 0 bridgehead atoms. The minimum Gasteiger partial charge on any atom is -0.494 e. The van der Waals surface area contributed by atoms with Gasteiger partial charge in [0.1, 0.15) is 16.9 Å². The highest BCUT2D eigenvalue weighted by molar-refractivity contribution is 6.32. The first-order chi connectivity index (χ1) is 24.7. The molecule has 2 amide bonds. The summed E-state index contributed by atoms with van der Waals surface area (Å²) in [4.78, 5) is 31.5. The highest BCUT2D eigenvalue weighted by atomic mass is 35.5. The molecule has 1 aliphatic rings. The topological polar surface area (TPSA) is 77.5 Å². The zero-order valence-electron chi connectivity index (χ0n) is 31.1. The molecule has 270 valence electrons. The molecule has 4 heterocycles. The summed E-state index contributed by atoms with van der Waals surface area (Å²) in [6.45, 7) is 10.6. The molecule has 0 aliphatic carbocycles. The summed E-state index contributed by atoms with van der Waals surface area (Å²) in [7, 11) is 7.36. The van der Waals surface area contributed by atoms with Crippen LogP contribution in [0.3, 0.4) is 0 Å². The largest absolute Gasteiger partial charge is 0.494 e. The number of nitrogens with zero attached hydrogens (tertiary/aromatic N) is 6. The number of hydrogen-bond acceptors (Lipinski definition) is 4. The maximum Gasteiger partial charge on any atom is 0.276 e. The van der Waals surface area contributed by atoms with Gasteiger partial charge < -0.3 is 18.8 Å². The fraction of sp³-hybridized carbons (Fsp3) is 0.341. The maximum absolute atomic E-state index is 15.2. The van der Waals surface area contributed by atoms with Gasteiger partial charge in [0.2, 0.25) is 0 Å². The number of halogens is 2. The van der Waals surface area contributed by atoms with Crippen molar-refractivity contribution in [3.63, 3.8) is 0 Å². The molecule has 0 radical (unpaired) electrons. The van der Waals surface area contributed by atoms with Gasteiger partial charge in [0.15, 0.2) is 0 Å². The molecule has 3 aromatic heterocycles. The predicted molar refractivity (Wildman–Crippen MR) is 210 cm³/mol. The Bertz CT molecular complexity index is 2400. The molecule has 3 aromatic carbocycles. The normalized spacial score (nSPS) is 15.9. The smallest absolute Gasteiger partial charge is 0.276 e. The first-order valence-corrected chi connectivity index (χ1v) is 18.4. The lowest BCUT2D eigenvalue weighted by molar-refractivity contribution is 0.0827. The number of carbonyl (C=O) groups is 2. The number of hydrogen-bond donors (Lipinski definition) is 0. The number of rotatable bonds is 8. The molecule has 1 aliphatic heterocycles. The summed E-state index contributed by atoms with van der Waals surface area (Å²) in [6, 6.07) is 15.5. The van der Waals surface area contributed by atoms with Crippen LogP contribution < -0.4 is 9.64 Å². The number of aryl methyl sites for hydroxylation is 6. The van der Waals surface area contributed by atoms with Gasteiger partial charge >= 0.3 is 0 Å². The lowest BCUT2D eigenvalue weighted by Gasteiger charge is -2.38. The van der Waals surface area contributed by atoms with Crippen LogP contribution in [0.2, 0.25) is 5.02 Å². The summed E-state index contributed by atoms with van der Waals surface area (Å²) in [5, 5.41) is 7.28. The lowest BCUT2D eigenvalue weighted by atomic mass is 9.98. The van der Waals surface area contributed by atoms with Crippen LogP contribution in [0.25, 0.3) is 32.9 Å². The zero-order valence-corrected chi connectivity index (χ0v) is 32.6. The molecule has 0 fully saturated rings. The van der Waals surface area contributed by atoms with Crippen LogP contribution in [0.1, 0.15) is 68.3 Å². The van der Waals surface area contributed by atoms with Crippen LogP contribution >= 0.6 is 23.2 Å². The number of fused-ring (bicyclic) bond motifs is 4. The Morgan fingerprint density at radius 1 is 1.00 bits per heavy atom. The van der Waals surface area contributed by atoms with Gasteiger partial charge in [-0.05, 0) is 94.5 Å². The zero-order chi connectivity index (χ0) is 37.3. The lowest BCUT2D eigenvalue weighted by Crippen LogP contribution is -2.47. The van der Waals surface area contributed by atoms with Crippen molar-refractivity contribution in [2.24, 2.45) is 14.1 Å². The van der Waals surface area contributed by atoms with Gasteiger partial charge in [0, 0.05) is 78.1 Å². The van der Waals surface area contributed by atoms with E-state index in [1.165, 1.54) is 0 Å². The molecule has 2 atom stereocenters. The van der Waals surface area contributed by atoms with E-state index < -0.39 is 5.50 Å². The molecule has 0 saturated heterocycles. The van der Waals surface area contributed by atoms with Gasteiger partial charge in [-0.1, -0.05) is 41.4 Å². The second-order valence-electron chi connectivity index (χ2n) is 14.2. The molecular formula is C41H44Cl2N6O3. The average Bonchev–Trinajstić information content (AvgIpc) is 3.71. The molecule has 6 aromatic rings. The second kappa shape index (κ2) is 13.4. The van der Waals surface area contributed by atoms with Gasteiger partial charge in [0.25, 0.3) is 11.8 Å². The SMILES string of the molecule is Cc1cc(OCCCc2c3n(c4c(-c5c(C)nn(C)c5C)cccc24)[C@H](C)C(Cl)N(c2cn(C)c4ccc(C(=O)N(C)C)cc24)C3=O)cc(C)c1Cl. The van der Waals surface area contributed by atoms with Crippen LogP contribution in [0.5, 0.6) is 5.75 Å². The number of anilines is 1. The van der Waals surface area contributed by atoms with Gasteiger partial charge in [-0.2, -0.15) is 5.10 Å². The Balaban J connectivity index is 1.38. The molecule has 11 heteroatoms. The Kier molecular flexibility index (Phi) is 9.16. The number of para-hydroxylation sites is 1. The van der Waals surface area contributed by atoms with Crippen LogP contribution in [-0.2, 0) is 20.5 Å². The van der Waals surface area contributed by atoms with E-state index in [2.05, 4.69) is 36.6 Å². The van der Waals surface area contributed by atoms with Gasteiger partial charge in [-0.25, -0.2) is 0 Å².